The normalized spacial score (nSPS) is 10.5. The summed E-state index contributed by atoms with van der Waals surface area (Å²) in [5.74, 6) is -0.214. The number of aromatic nitrogens is 2. The summed E-state index contributed by atoms with van der Waals surface area (Å²) in [6, 6.07) is 20.0. The number of carbonyl (C=O) groups excluding carboxylic acids is 1. The fraction of sp³-hybridized carbons (Fsp3) is 0.105. The number of amides is 1. The molecule has 1 amide bonds. The molecule has 0 saturated heterocycles. The minimum absolute atomic E-state index is 0.116. The third kappa shape index (κ3) is 4.03. The van der Waals surface area contributed by atoms with Gasteiger partial charge < -0.3 is 4.90 Å². The van der Waals surface area contributed by atoms with Gasteiger partial charge in [-0.3, -0.25) is 9.59 Å². The molecule has 0 N–H and O–H groups in total. The van der Waals surface area contributed by atoms with Gasteiger partial charge in [-0.25, -0.2) is 4.68 Å². The molecule has 0 aliphatic carbocycles. The third-order valence-corrected chi connectivity index (χ3v) is 4.34. The molecule has 25 heavy (non-hydrogen) atoms. The Morgan fingerprint density at radius 3 is 2.40 bits per heavy atom. The van der Waals surface area contributed by atoms with Crippen LogP contribution in [0, 0.1) is 0 Å². The molecule has 0 fully saturated rings. The second-order valence-electron chi connectivity index (χ2n) is 5.51. The Bertz CT molecular complexity index is 937. The second kappa shape index (κ2) is 7.44. The van der Waals surface area contributed by atoms with Gasteiger partial charge in [0.2, 0.25) is 5.91 Å². The first-order chi connectivity index (χ1) is 12.0. The van der Waals surface area contributed by atoms with E-state index < -0.39 is 0 Å². The monoisotopic (exact) mass is 397 g/mol. The van der Waals surface area contributed by atoms with Crippen LogP contribution in [-0.4, -0.2) is 22.7 Å². The lowest BCUT2D eigenvalue weighted by Crippen LogP contribution is -2.34. The molecular formula is C19H16BrN3O2. The maximum atomic E-state index is 12.5. The molecule has 126 valence electrons. The largest absolute Gasteiger partial charge is 0.314 e. The molecule has 0 bridgehead atoms. The number of halogens is 1. The summed E-state index contributed by atoms with van der Waals surface area (Å²) in [6.07, 6.45) is 0. The van der Waals surface area contributed by atoms with Crippen molar-refractivity contribution >= 4 is 27.5 Å². The fourth-order valence-electron chi connectivity index (χ4n) is 2.37. The maximum Gasteiger partial charge on any atom is 0.267 e. The zero-order chi connectivity index (χ0) is 17.8. The minimum atomic E-state index is -0.310. The molecule has 0 radical (unpaired) electrons. The third-order valence-electron chi connectivity index (χ3n) is 3.81. The minimum Gasteiger partial charge on any atom is -0.314 e. The molecule has 1 aromatic heterocycles. The highest BCUT2D eigenvalue weighted by molar-refractivity contribution is 9.10. The number of anilines is 1. The number of rotatable bonds is 4. The van der Waals surface area contributed by atoms with Crippen LogP contribution in [0.4, 0.5) is 5.69 Å². The molecule has 0 aliphatic heterocycles. The van der Waals surface area contributed by atoms with Gasteiger partial charge in [-0.15, -0.1) is 0 Å². The molecule has 0 saturated carbocycles. The van der Waals surface area contributed by atoms with E-state index in [1.54, 1.807) is 13.1 Å². The molecule has 3 aromatic rings. The highest BCUT2D eigenvalue weighted by Crippen LogP contribution is 2.19. The van der Waals surface area contributed by atoms with Crippen molar-refractivity contribution in [1.29, 1.82) is 0 Å². The predicted molar refractivity (Wildman–Crippen MR) is 101 cm³/mol. The lowest BCUT2D eigenvalue weighted by Gasteiger charge is -2.17. The molecule has 0 unspecified atom stereocenters. The zero-order valence-corrected chi connectivity index (χ0v) is 15.2. The highest BCUT2D eigenvalue weighted by Gasteiger charge is 2.13. The van der Waals surface area contributed by atoms with E-state index in [2.05, 4.69) is 21.0 Å². The molecule has 5 nitrogen and oxygen atoms in total. The number of carbonyl (C=O) groups is 1. The lowest BCUT2D eigenvalue weighted by atomic mass is 10.1. The first-order valence-corrected chi connectivity index (χ1v) is 8.49. The van der Waals surface area contributed by atoms with Crippen LogP contribution in [-0.2, 0) is 11.3 Å². The van der Waals surface area contributed by atoms with Gasteiger partial charge in [0, 0.05) is 28.8 Å². The Balaban J connectivity index is 1.85. The van der Waals surface area contributed by atoms with Crippen LogP contribution in [0.3, 0.4) is 0 Å². The Kier molecular flexibility index (Phi) is 5.09. The number of nitrogens with zero attached hydrogens (tertiary/aromatic N) is 3. The van der Waals surface area contributed by atoms with E-state index >= 15 is 0 Å². The number of hydrogen-bond donors (Lipinski definition) is 0. The van der Waals surface area contributed by atoms with E-state index in [1.807, 2.05) is 54.6 Å². The Hall–Kier alpha value is -2.73. The first-order valence-electron chi connectivity index (χ1n) is 7.70. The van der Waals surface area contributed by atoms with Crippen LogP contribution < -0.4 is 10.5 Å². The van der Waals surface area contributed by atoms with Crippen LogP contribution >= 0.6 is 15.9 Å². The van der Waals surface area contributed by atoms with Gasteiger partial charge in [0.25, 0.3) is 5.56 Å². The van der Waals surface area contributed by atoms with Crippen LogP contribution in [0.1, 0.15) is 0 Å². The van der Waals surface area contributed by atoms with Gasteiger partial charge in [-0.05, 0) is 30.3 Å². The van der Waals surface area contributed by atoms with E-state index in [4.69, 9.17) is 0 Å². The van der Waals surface area contributed by atoms with Crippen LogP contribution in [0.2, 0.25) is 0 Å². The van der Waals surface area contributed by atoms with E-state index in [0.29, 0.717) is 5.69 Å². The average Bonchev–Trinajstić information content (AvgIpc) is 2.64. The Morgan fingerprint density at radius 1 is 1.04 bits per heavy atom. The van der Waals surface area contributed by atoms with Crippen molar-refractivity contribution in [2.45, 2.75) is 6.54 Å². The summed E-state index contributed by atoms with van der Waals surface area (Å²) >= 11 is 3.39. The number of para-hydroxylation sites is 1. The topological polar surface area (TPSA) is 55.2 Å². The summed E-state index contributed by atoms with van der Waals surface area (Å²) in [6.45, 7) is -0.116. The standard InChI is InChI=1S/C19H16BrN3O2/c1-22(16-5-3-2-4-6-16)19(25)13-23-18(24)12-11-17(21-23)14-7-9-15(20)10-8-14/h2-12H,13H2,1H3. The van der Waals surface area contributed by atoms with E-state index in [1.165, 1.54) is 15.6 Å². The van der Waals surface area contributed by atoms with Crippen molar-refractivity contribution in [2.24, 2.45) is 0 Å². The molecule has 6 heteroatoms. The van der Waals surface area contributed by atoms with Gasteiger partial charge in [0.15, 0.2) is 0 Å². The smallest absolute Gasteiger partial charge is 0.267 e. The SMILES string of the molecule is CN(C(=O)Cn1nc(-c2ccc(Br)cc2)ccc1=O)c1ccccc1. The van der Waals surface area contributed by atoms with Crippen LogP contribution in [0.15, 0.2) is 76.0 Å². The van der Waals surface area contributed by atoms with Gasteiger partial charge in [0.1, 0.15) is 6.54 Å². The Morgan fingerprint density at radius 2 is 1.72 bits per heavy atom. The summed E-state index contributed by atoms with van der Waals surface area (Å²) in [7, 11) is 1.68. The van der Waals surface area contributed by atoms with Crippen molar-refractivity contribution in [2.75, 3.05) is 11.9 Å². The predicted octanol–water partition coefficient (Wildman–Crippen LogP) is 3.34. The summed E-state index contributed by atoms with van der Waals surface area (Å²) < 4.78 is 2.16. The summed E-state index contributed by atoms with van der Waals surface area (Å²) in [4.78, 5) is 26.1. The van der Waals surface area contributed by atoms with Crippen molar-refractivity contribution in [3.05, 3.63) is 81.6 Å². The second-order valence-corrected chi connectivity index (χ2v) is 6.43. The van der Waals surface area contributed by atoms with Gasteiger partial charge in [-0.2, -0.15) is 5.10 Å². The van der Waals surface area contributed by atoms with Crippen LogP contribution in [0.5, 0.6) is 0 Å². The highest BCUT2D eigenvalue weighted by atomic mass is 79.9. The zero-order valence-electron chi connectivity index (χ0n) is 13.6. The van der Waals surface area contributed by atoms with Gasteiger partial charge in [-0.1, -0.05) is 46.3 Å². The lowest BCUT2D eigenvalue weighted by molar-refractivity contribution is -0.119. The van der Waals surface area contributed by atoms with Crippen molar-refractivity contribution in [1.82, 2.24) is 9.78 Å². The molecular weight excluding hydrogens is 382 g/mol. The fourth-order valence-corrected chi connectivity index (χ4v) is 2.63. The van der Waals surface area contributed by atoms with Crippen LogP contribution in [0.25, 0.3) is 11.3 Å². The van der Waals surface area contributed by atoms with E-state index in [0.717, 1.165) is 15.7 Å². The first kappa shape index (κ1) is 17.1. The van der Waals surface area contributed by atoms with Crippen molar-refractivity contribution in [3.8, 4) is 11.3 Å². The van der Waals surface area contributed by atoms with Crippen molar-refractivity contribution in [3.63, 3.8) is 0 Å². The number of likely N-dealkylation sites (N-methyl/N-ethyl adjacent to an activating group) is 1. The summed E-state index contributed by atoms with van der Waals surface area (Å²) in [5.41, 5.74) is 1.98. The number of benzene rings is 2. The number of hydrogen-bond acceptors (Lipinski definition) is 3. The molecule has 0 spiro atoms. The summed E-state index contributed by atoms with van der Waals surface area (Å²) in [5, 5.41) is 4.33. The van der Waals surface area contributed by atoms with Gasteiger partial charge >= 0.3 is 0 Å². The average molecular weight is 398 g/mol. The Labute approximate surface area is 153 Å². The molecule has 3 rings (SSSR count). The molecule has 2 aromatic carbocycles. The van der Waals surface area contributed by atoms with E-state index in [-0.39, 0.29) is 18.0 Å². The van der Waals surface area contributed by atoms with E-state index in [9.17, 15) is 9.59 Å². The molecule has 0 atom stereocenters. The quantitative estimate of drug-likeness (QED) is 0.678. The van der Waals surface area contributed by atoms with Crippen molar-refractivity contribution < 1.29 is 4.79 Å². The molecule has 1 heterocycles. The van der Waals surface area contributed by atoms with Gasteiger partial charge in [0.05, 0.1) is 5.69 Å². The molecule has 0 aliphatic rings. The maximum absolute atomic E-state index is 12.5.